The van der Waals surface area contributed by atoms with Crippen molar-refractivity contribution in [2.24, 2.45) is 5.92 Å². The van der Waals surface area contributed by atoms with Gasteiger partial charge in [-0.2, -0.15) is 0 Å². The Kier molecular flexibility index (Phi) is 6.97. The van der Waals surface area contributed by atoms with Crippen molar-refractivity contribution in [2.75, 3.05) is 26.2 Å². The number of benzene rings is 1. The average molecular weight is 472 g/mol. The van der Waals surface area contributed by atoms with E-state index in [1.165, 1.54) is 22.1 Å². The van der Waals surface area contributed by atoms with Crippen LogP contribution in [0.15, 0.2) is 18.2 Å². The molecule has 2 aliphatic rings. The molecule has 3 rings (SSSR count). The number of carbonyl (C=O) groups excluding carboxylic acids is 3. The third kappa shape index (κ3) is 5.87. The molecule has 1 aromatic rings. The van der Waals surface area contributed by atoms with Crippen molar-refractivity contribution < 1.29 is 33.5 Å². The standard InChI is InChI=1S/C21H27ClFN3O6/c1-20(2,3)31-19(29)32-26-11-14(12-26)10-25-5-4-21(30,18(25)28)17(27)24-9-13-6-15(22)8-16(23)7-13/h6-8,14,30H,4-5,9-12H2,1-3H3,(H,24,27). The van der Waals surface area contributed by atoms with Gasteiger partial charge in [0, 0.05) is 50.1 Å². The zero-order chi connectivity index (χ0) is 23.7. The summed E-state index contributed by atoms with van der Waals surface area (Å²) in [4.78, 5) is 43.4. The van der Waals surface area contributed by atoms with Crippen molar-refractivity contribution in [3.63, 3.8) is 0 Å². The van der Waals surface area contributed by atoms with Gasteiger partial charge in [-0.1, -0.05) is 11.6 Å². The molecule has 1 aromatic carbocycles. The number of nitrogens with zero attached hydrogens (tertiary/aromatic N) is 2. The zero-order valence-electron chi connectivity index (χ0n) is 18.2. The molecule has 32 heavy (non-hydrogen) atoms. The number of aliphatic hydroxyl groups is 1. The van der Waals surface area contributed by atoms with Crippen molar-refractivity contribution in [3.05, 3.63) is 34.6 Å². The largest absolute Gasteiger partial charge is 0.528 e. The fourth-order valence-corrected chi connectivity index (χ4v) is 3.84. The van der Waals surface area contributed by atoms with Crippen LogP contribution in [0.1, 0.15) is 32.8 Å². The van der Waals surface area contributed by atoms with Crippen LogP contribution in [0.5, 0.6) is 0 Å². The van der Waals surface area contributed by atoms with E-state index in [0.29, 0.717) is 25.2 Å². The van der Waals surface area contributed by atoms with Gasteiger partial charge in [0.25, 0.3) is 11.8 Å². The average Bonchev–Trinajstić information content (AvgIpc) is 2.91. The van der Waals surface area contributed by atoms with E-state index < -0.39 is 35.0 Å². The van der Waals surface area contributed by atoms with Crippen molar-refractivity contribution in [3.8, 4) is 0 Å². The molecular formula is C21H27ClFN3O6. The summed E-state index contributed by atoms with van der Waals surface area (Å²) in [6.45, 7) is 6.48. The number of carbonyl (C=O) groups is 3. The van der Waals surface area contributed by atoms with Gasteiger partial charge in [0.15, 0.2) is 0 Å². The van der Waals surface area contributed by atoms with Crippen molar-refractivity contribution >= 4 is 29.6 Å². The van der Waals surface area contributed by atoms with Gasteiger partial charge in [-0.15, -0.1) is 5.06 Å². The van der Waals surface area contributed by atoms with E-state index in [9.17, 15) is 23.9 Å². The summed E-state index contributed by atoms with van der Waals surface area (Å²) < 4.78 is 18.5. The maximum atomic E-state index is 13.4. The molecule has 1 atom stereocenters. The number of hydroxylamine groups is 2. The summed E-state index contributed by atoms with van der Waals surface area (Å²) in [5.41, 5.74) is -2.42. The summed E-state index contributed by atoms with van der Waals surface area (Å²) in [5, 5.41) is 14.8. The van der Waals surface area contributed by atoms with Crippen LogP contribution < -0.4 is 5.32 Å². The lowest BCUT2D eigenvalue weighted by Crippen LogP contribution is -2.55. The molecule has 2 fully saturated rings. The van der Waals surface area contributed by atoms with E-state index >= 15 is 0 Å². The molecule has 0 bridgehead atoms. The molecule has 2 N–H and O–H groups in total. The van der Waals surface area contributed by atoms with E-state index in [1.807, 2.05) is 0 Å². The lowest BCUT2D eigenvalue weighted by Gasteiger charge is -2.39. The van der Waals surface area contributed by atoms with Crippen molar-refractivity contribution in [1.29, 1.82) is 0 Å². The Hall–Kier alpha value is -2.43. The highest BCUT2D eigenvalue weighted by atomic mass is 35.5. The molecule has 1 unspecified atom stereocenters. The lowest BCUT2D eigenvalue weighted by molar-refractivity contribution is -0.198. The monoisotopic (exact) mass is 471 g/mol. The third-order valence-electron chi connectivity index (χ3n) is 5.13. The van der Waals surface area contributed by atoms with Crippen molar-refractivity contribution in [1.82, 2.24) is 15.3 Å². The molecule has 0 spiro atoms. The summed E-state index contributed by atoms with van der Waals surface area (Å²) in [6.07, 6.45) is -0.842. The van der Waals surface area contributed by atoms with Gasteiger partial charge < -0.3 is 24.9 Å². The Morgan fingerprint density at radius 1 is 1.31 bits per heavy atom. The van der Waals surface area contributed by atoms with Gasteiger partial charge in [-0.25, -0.2) is 9.18 Å². The molecule has 0 aliphatic carbocycles. The topological polar surface area (TPSA) is 108 Å². The van der Waals surface area contributed by atoms with E-state index in [2.05, 4.69) is 5.32 Å². The van der Waals surface area contributed by atoms with Crippen LogP contribution in [0, 0.1) is 11.7 Å². The summed E-state index contributed by atoms with van der Waals surface area (Å²) in [5.74, 6) is -2.04. The Morgan fingerprint density at radius 2 is 2.00 bits per heavy atom. The third-order valence-corrected chi connectivity index (χ3v) is 5.35. The molecule has 2 heterocycles. The summed E-state index contributed by atoms with van der Waals surface area (Å²) >= 11 is 5.80. The van der Waals surface area contributed by atoms with Crippen LogP contribution in [-0.4, -0.2) is 70.4 Å². The second-order valence-electron chi connectivity index (χ2n) is 9.09. The van der Waals surface area contributed by atoms with Gasteiger partial charge >= 0.3 is 6.16 Å². The molecule has 0 radical (unpaired) electrons. The van der Waals surface area contributed by atoms with Crippen molar-refractivity contribution in [2.45, 2.75) is 44.9 Å². The lowest BCUT2D eigenvalue weighted by atomic mass is 10.0. The number of halogens is 2. The first-order chi connectivity index (χ1) is 14.9. The molecule has 2 saturated heterocycles. The van der Waals surface area contributed by atoms with Gasteiger partial charge in [0.1, 0.15) is 11.4 Å². The second-order valence-corrected chi connectivity index (χ2v) is 9.53. The summed E-state index contributed by atoms with van der Waals surface area (Å²) in [7, 11) is 0. The van der Waals surface area contributed by atoms with Crippen LogP contribution in [0.2, 0.25) is 5.02 Å². The van der Waals surface area contributed by atoms with E-state index in [-0.39, 0.29) is 30.5 Å². The number of amides is 2. The number of hydrogen-bond acceptors (Lipinski definition) is 7. The fraction of sp³-hybridized carbons (Fsp3) is 0.571. The molecule has 176 valence electrons. The molecule has 2 amide bonds. The molecule has 9 nitrogen and oxygen atoms in total. The minimum Gasteiger partial charge on any atom is -0.427 e. The van der Waals surface area contributed by atoms with Crippen LogP contribution in [0.25, 0.3) is 0 Å². The minimum atomic E-state index is -2.17. The number of nitrogens with one attached hydrogen (secondary N) is 1. The normalized spacial score (nSPS) is 21.9. The van der Waals surface area contributed by atoms with E-state index in [4.69, 9.17) is 21.2 Å². The highest BCUT2D eigenvalue weighted by molar-refractivity contribution is 6.30. The zero-order valence-corrected chi connectivity index (χ0v) is 18.9. The molecule has 2 aliphatic heterocycles. The number of ether oxygens (including phenoxy) is 1. The SMILES string of the molecule is CC(C)(C)OC(=O)ON1CC(CN2CCC(O)(C(=O)NCc3cc(F)cc(Cl)c3)C2=O)C1. The maximum absolute atomic E-state index is 13.4. The Bertz CT molecular complexity index is 882. The Labute approximate surface area is 190 Å². The predicted octanol–water partition coefficient (Wildman–Crippen LogP) is 1.86. The fourth-order valence-electron chi connectivity index (χ4n) is 3.59. The maximum Gasteiger partial charge on any atom is 0.528 e. The predicted molar refractivity (Wildman–Crippen MR) is 112 cm³/mol. The molecule has 11 heteroatoms. The van der Waals surface area contributed by atoms with Crippen LogP contribution >= 0.6 is 11.6 Å². The highest BCUT2D eigenvalue weighted by Gasteiger charge is 2.52. The number of rotatable bonds is 6. The first-order valence-corrected chi connectivity index (χ1v) is 10.6. The number of likely N-dealkylation sites (tertiary alicyclic amines) is 1. The molecule has 0 saturated carbocycles. The Balaban J connectivity index is 1.46. The second kappa shape index (κ2) is 9.21. The number of hydrogen-bond donors (Lipinski definition) is 2. The van der Waals surface area contributed by atoms with Gasteiger partial charge in [-0.05, 0) is 44.5 Å². The van der Waals surface area contributed by atoms with Gasteiger partial charge in [0.05, 0.1) is 0 Å². The minimum absolute atomic E-state index is 0.0289. The smallest absolute Gasteiger partial charge is 0.427 e. The molecule has 0 aromatic heterocycles. The van der Waals surface area contributed by atoms with Crippen LogP contribution in [0.4, 0.5) is 9.18 Å². The quantitative estimate of drug-likeness (QED) is 0.481. The van der Waals surface area contributed by atoms with Crippen LogP contribution in [-0.2, 0) is 25.7 Å². The van der Waals surface area contributed by atoms with E-state index in [0.717, 1.165) is 6.07 Å². The van der Waals surface area contributed by atoms with Crippen LogP contribution in [0.3, 0.4) is 0 Å². The van der Waals surface area contributed by atoms with Gasteiger partial charge in [-0.3, -0.25) is 9.59 Å². The first-order valence-electron chi connectivity index (χ1n) is 10.3. The van der Waals surface area contributed by atoms with Gasteiger partial charge in [0.2, 0.25) is 5.60 Å². The highest BCUT2D eigenvalue weighted by Crippen LogP contribution is 2.27. The van der Waals surface area contributed by atoms with E-state index in [1.54, 1.807) is 20.8 Å². The molecular weight excluding hydrogens is 445 g/mol. The summed E-state index contributed by atoms with van der Waals surface area (Å²) in [6, 6.07) is 3.83. The first kappa shape index (κ1) is 24.2. The Morgan fingerprint density at radius 3 is 2.62 bits per heavy atom.